The first kappa shape index (κ1) is 13.0. The number of rotatable bonds is 6. The van der Waals surface area contributed by atoms with Crippen LogP contribution in [0.25, 0.3) is 0 Å². The molecular formula is C15H21N3S. The highest BCUT2D eigenvalue weighted by Crippen LogP contribution is 2.38. The van der Waals surface area contributed by atoms with Crippen LogP contribution in [-0.2, 0) is 6.42 Å². The van der Waals surface area contributed by atoms with Crippen molar-refractivity contribution < 1.29 is 0 Å². The number of nitrogens with zero attached hydrogens (tertiary/aromatic N) is 1. The first-order chi connectivity index (χ1) is 9.22. The highest BCUT2D eigenvalue weighted by Gasteiger charge is 2.32. The van der Waals surface area contributed by atoms with Gasteiger partial charge in [-0.05, 0) is 30.9 Å². The molecule has 1 aliphatic heterocycles. The van der Waals surface area contributed by atoms with Gasteiger partial charge >= 0.3 is 0 Å². The number of hydrogen-bond acceptors (Lipinski definition) is 3. The minimum absolute atomic E-state index is 0.313. The Balaban J connectivity index is 1.57. The summed E-state index contributed by atoms with van der Waals surface area (Å²) in [5.41, 5.74) is 6.99. The number of hydrogen-bond donors (Lipinski definition) is 2. The molecule has 19 heavy (non-hydrogen) atoms. The van der Waals surface area contributed by atoms with Crippen LogP contribution in [0.3, 0.4) is 0 Å². The number of nitrogens with one attached hydrogen (secondary N) is 1. The molecule has 1 aliphatic carbocycles. The number of nitrogens with two attached hydrogens (primary N) is 1. The maximum Gasteiger partial charge on any atom is 0.0918 e. The minimum atomic E-state index is 0.313. The predicted octanol–water partition coefficient (Wildman–Crippen LogP) is 2.49. The first-order valence-corrected chi connectivity index (χ1v) is 7.92. The van der Waals surface area contributed by atoms with Crippen LogP contribution in [0.5, 0.6) is 0 Å². The van der Waals surface area contributed by atoms with Gasteiger partial charge in [0.05, 0.1) is 5.84 Å². The smallest absolute Gasteiger partial charge is 0.0918 e. The van der Waals surface area contributed by atoms with Gasteiger partial charge in [0.15, 0.2) is 0 Å². The van der Waals surface area contributed by atoms with Crippen LogP contribution >= 0.6 is 11.8 Å². The molecule has 1 unspecified atom stereocenters. The van der Waals surface area contributed by atoms with E-state index < -0.39 is 0 Å². The Hall–Kier alpha value is -1.00. The molecule has 0 spiro atoms. The van der Waals surface area contributed by atoms with E-state index in [1.54, 1.807) is 0 Å². The van der Waals surface area contributed by atoms with E-state index >= 15 is 0 Å². The normalized spacial score (nSPS) is 21.6. The Bertz CT molecular complexity index is 445. The van der Waals surface area contributed by atoms with Crippen molar-refractivity contribution in [3.8, 4) is 0 Å². The van der Waals surface area contributed by atoms with Gasteiger partial charge in [-0.3, -0.25) is 10.3 Å². The van der Waals surface area contributed by atoms with Crippen LogP contribution in [0.4, 0.5) is 0 Å². The third-order valence-corrected chi connectivity index (χ3v) is 5.18. The molecule has 2 aliphatic rings. The molecule has 1 aromatic carbocycles. The summed E-state index contributed by atoms with van der Waals surface area (Å²) in [7, 11) is 0. The molecule has 0 saturated heterocycles. The van der Waals surface area contributed by atoms with Gasteiger partial charge in [0.2, 0.25) is 0 Å². The van der Waals surface area contributed by atoms with E-state index in [1.165, 1.54) is 29.7 Å². The van der Waals surface area contributed by atoms with Gasteiger partial charge in [0.1, 0.15) is 0 Å². The molecule has 0 bridgehead atoms. The van der Waals surface area contributed by atoms with E-state index in [1.807, 2.05) is 11.8 Å². The van der Waals surface area contributed by atoms with E-state index in [0.29, 0.717) is 17.5 Å². The second kappa shape index (κ2) is 5.55. The largest absolute Gasteiger partial charge is 0.388 e. The summed E-state index contributed by atoms with van der Waals surface area (Å²) < 4.78 is 0. The minimum Gasteiger partial charge on any atom is -0.388 e. The molecule has 0 radical (unpaired) electrons. The fourth-order valence-electron chi connectivity index (χ4n) is 2.74. The zero-order valence-corrected chi connectivity index (χ0v) is 12.0. The molecule has 102 valence electrons. The zero-order chi connectivity index (χ0) is 13.2. The van der Waals surface area contributed by atoms with Crippen molar-refractivity contribution in [3.05, 3.63) is 29.8 Å². The van der Waals surface area contributed by atoms with Crippen molar-refractivity contribution in [1.82, 2.24) is 4.90 Å². The molecule has 4 heteroatoms. The van der Waals surface area contributed by atoms with Gasteiger partial charge in [0, 0.05) is 35.7 Å². The van der Waals surface area contributed by atoms with E-state index in [4.69, 9.17) is 11.1 Å². The summed E-state index contributed by atoms with van der Waals surface area (Å²) in [5, 5.41) is 8.06. The van der Waals surface area contributed by atoms with Crippen molar-refractivity contribution in [2.45, 2.75) is 41.9 Å². The lowest BCUT2D eigenvalue weighted by Crippen LogP contribution is -2.35. The summed E-state index contributed by atoms with van der Waals surface area (Å²) in [6, 6.07) is 9.50. The third kappa shape index (κ3) is 3.31. The number of fused-ring (bicyclic) bond motifs is 1. The van der Waals surface area contributed by atoms with Crippen LogP contribution < -0.4 is 5.73 Å². The van der Waals surface area contributed by atoms with Gasteiger partial charge in [-0.1, -0.05) is 18.2 Å². The van der Waals surface area contributed by atoms with Crippen LogP contribution in [0.2, 0.25) is 0 Å². The van der Waals surface area contributed by atoms with Crippen molar-refractivity contribution in [2.75, 3.05) is 13.1 Å². The van der Waals surface area contributed by atoms with Gasteiger partial charge < -0.3 is 5.73 Å². The Morgan fingerprint density at radius 3 is 2.84 bits per heavy atom. The van der Waals surface area contributed by atoms with Crippen molar-refractivity contribution in [3.63, 3.8) is 0 Å². The lowest BCUT2D eigenvalue weighted by molar-refractivity contribution is 0.272. The maximum atomic E-state index is 7.38. The molecule has 0 amide bonds. The molecule has 1 heterocycles. The van der Waals surface area contributed by atoms with Crippen LogP contribution in [-0.4, -0.2) is 35.1 Å². The second-order valence-electron chi connectivity index (χ2n) is 5.55. The SMILES string of the molecule is N=C(N)CCN(CC1Cc2ccccc2S1)C1CC1. The molecule has 3 nitrogen and oxygen atoms in total. The van der Waals surface area contributed by atoms with Gasteiger partial charge in [-0.15, -0.1) is 11.8 Å². The van der Waals surface area contributed by atoms with Gasteiger partial charge in [0.25, 0.3) is 0 Å². The van der Waals surface area contributed by atoms with Crippen LogP contribution in [0, 0.1) is 5.41 Å². The number of amidine groups is 1. The fourth-order valence-corrected chi connectivity index (χ4v) is 4.09. The zero-order valence-electron chi connectivity index (χ0n) is 11.1. The van der Waals surface area contributed by atoms with Gasteiger partial charge in [-0.2, -0.15) is 0 Å². The van der Waals surface area contributed by atoms with Crippen molar-refractivity contribution in [1.29, 1.82) is 5.41 Å². The number of thioether (sulfide) groups is 1. The van der Waals surface area contributed by atoms with Crippen molar-refractivity contribution in [2.24, 2.45) is 5.73 Å². The average Bonchev–Trinajstić information content (AvgIpc) is 3.14. The third-order valence-electron chi connectivity index (χ3n) is 3.88. The summed E-state index contributed by atoms with van der Waals surface area (Å²) in [6.45, 7) is 2.09. The summed E-state index contributed by atoms with van der Waals surface area (Å²) in [6.07, 6.45) is 4.54. The first-order valence-electron chi connectivity index (χ1n) is 7.04. The van der Waals surface area contributed by atoms with Crippen LogP contribution in [0.1, 0.15) is 24.8 Å². The highest BCUT2D eigenvalue weighted by molar-refractivity contribution is 8.00. The molecule has 1 aromatic rings. The molecule has 0 aromatic heterocycles. The molecular weight excluding hydrogens is 254 g/mol. The standard InChI is InChI=1S/C15H21N3S/c16-15(17)7-8-18(12-5-6-12)10-13-9-11-3-1-2-4-14(11)19-13/h1-4,12-13H,5-10H2,(H3,16,17). The lowest BCUT2D eigenvalue weighted by Gasteiger charge is -2.24. The topological polar surface area (TPSA) is 53.1 Å². The molecule has 1 saturated carbocycles. The summed E-state index contributed by atoms with van der Waals surface area (Å²) in [4.78, 5) is 4.00. The summed E-state index contributed by atoms with van der Waals surface area (Å²) in [5.74, 6) is 0.313. The number of benzene rings is 1. The molecule has 3 rings (SSSR count). The maximum absolute atomic E-state index is 7.38. The lowest BCUT2D eigenvalue weighted by atomic mass is 10.1. The second-order valence-corrected chi connectivity index (χ2v) is 6.90. The van der Waals surface area contributed by atoms with E-state index in [2.05, 4.69) is 29.2 Å². The molecule has 1 fully saturated rings. The Morgan fingerprint density at radius 1 is 1.37 bits per heavy atom. The molecule has 3 N–H and O–H groups in total. The van der Waals surface area contributed by atoms with E-state index in [9.17, 15) is 0 Å². The van der Waals surface area contributed by atoms with E-state index in [-0.39, 0.29) is 0 Å². The Kier molecular flexibility index (Phi) is 3.80. The quantitative estimate of drug-likeness (QED) is 0.619. The predicted molar refractivity (Wildman–Crippen MR) is 80.9 cm³/mol. The van der Waals surface area contributed by atoms with Gasteiger partial charge in [-0.25, -0.2) is 0 Å². The Morgan fingerprint density at radius 2 is 2.16 bits per heavy atom. The molecule has 1 atom stereocenters. The summed E-state index contributed by atoms with van der Waals surface area (Å²) >= 11 is 2.02. The van der Waals surface area contributed by atoms with Crippen molar-refractivity contribution >= 4 is 17.6 Å². The van der Waals surface area contributed by atoms with E-state index in [0.717, 1.165) is 19.1 Å². The average molecular weight is 275 g/mol. The monoisotopic (exact) mass is 275 g/mol. The fraction of sp³-hybridized carbons (Fsp3) is 0.533. The highest BCUT2D eigenvalue weighted by atomic mass is 32.2. The Labute approximate surface area is 119 Å². The van der Waals surface area contributed by atoms with Crippen LogP contribution in [0.15, 0.2) is 29.2 Å².